The maximum Gasteiger partial charge on any atom is 0.326 e. The molecule has 1 atom stereocenters. The molecule has 0 aliphatic carbocycles. The van der Waals surface area contributed by atoms with Crippen molar-refractivity contribution in [2.45, 2.75) is 53.0 Å². The normalized spacial score (nSPS) is 20.5. The van der Waals surface area contributed by atoms with Crippen LogP contribution in [0.2, 0.25) is 0 Å². The van der Waals surface area contributed by atoms with Gasteiger partial charge in [0.05, 0.1) is 0 Å². The zero-order valence-electron chi connectivity index (χ0n) is 12.4. The Morgan fingerprint density at radius 2 is 1.89 bits per heavy atom. The van der Waals surface area contributed by atoms with Crippen molar-refractivity contribution in [1.82, 2.24) is 4.90 Å². The van der Waals surface area contributed by atoms with E-state index < -0.39 is 12.0 Å². The van der Waals surface area contributed by atoms with E-state index in [9.17, 15) is 14.7 Å². The summed E-state index contributed by atoms with van der Waals surface area (Å²) in [6.07, 6.45) is 2.27. The average Bonchev–Trinajstić information content (AvgIpc) is 2.36. The average molecular weight is 267 g/mol. The fourth-order valence-corrected chi connectivity index (χ4v) is 2.23. The van der Waals surface area contributed by atoms with E-state index in [1.807, 2.05) is 27.7 Å². The number of hydrogen-bond acceptors (Lipinski definition) is 2. The van der Waals surface area contributed by atoms with Gasteiger partial charge in [-0.3, -0.25) is 4.79 Å². The molecule has 1 saturated heterocycles. The number of carbonyl (C=O) groups excluding carboxylic acids is 1. The lowest BCUT2D eigenvalue weighted by Gasteiger charge is -2.38. The van der Waals surface area contributed by atoms with Gasteiger partial charge in [-0.1, -0.05) is 34.3 Å². The molecular formula is C15H25NO3. The summed E-state index contributed by atoms with van der Waals surface area (Å²) in [6, 6.07) is -0.694. The maximum atomic E-state index is 12.5. The second kappa shape index (κ2) is 5.76. The lowest BCUT2D eigenvalue weighted by molar-refractivity contribution is -0.151. The number of carboxylic acids is 1. The molecule has 1 unspecified atom stereocenters. The zero-order chi connectivity index (χ0) is 14.8. The van der Waals surface area contributed by atoms with Crippen LogP contribution in [-0.4, -0.2) is 34.5 Å². The van der Waals surface area contributed by atoms with Crippen molar-refractivity contribution in [3.05, 3.63) is 12.2 Å². The zero-order valence-corrected chi connectivity index (χ0v) is 12.4. The molecule has 19 heavy (non-hydrogen) atoms. The molecule has 0 spiro atoms. The number of likely N-dealkylation sites (tertiary alicyclic amines) is 1. The number of amides is 1. The van der Waals surface area contributed by atoms with Crippen LogP contribution in [0.25, 0.3) is 0 Å². The highest BCUT2D eigenvalue weighted by Gasteiger charge is 2.37. The van der Waals surface area contributed by atoms with Crippen LogP contribution >= 0.6 is 0 Å². The molecule has 0 bridgehead atoms. The van der Waals surface area contributed by atoms with Gasteiger partial charge >= 0.3 is 5.97 Å². The summed E-state index contributed by atoms with van der Waals surface area (Å²) in [5, 5.41) is 9.23. The van der Waals surface area contributed by atoms with E-state index >= 15 is 0 Å². The Labute approximate surface area is 115 Å². The van der Waals surface area contributed by atoms with Crippen LogP contribution in [0.4, 0.5) is 0 Å². The first kappa shape index (κ1) is 15.7. The Hall–Kier alpha value is -1.32. The molecule has 1 aliphatic heterocycles. The van der Waals surface area contributed by atoms with E-state index in [0.29, 0.717) is 18.5 Å². The van der Waals surface area contributed by atoms with Crippen LogP contribution in [0.1, 0.15) is 47.0 Å². The van der Waals surface area contributed by atoms with Crippen molar-refractivity contribution in [2.24, 2.45) is 11.3 Å². The number of rotatable bonds is 4. The lowest BCUT2D eigenvalue weighted by atomic mass is 9.74. The topological polar surface area (TPSA) is 57.6 Å². The van der Waals surface area contributed by atoms with Crippen molar-refractivity contribution in [3.63, 3.8) is 0 Å². The predicted octanol–water partition coefficient (Wildman–Crippen LogP) is 2.69. The summed E-state index contributed by atoms with van der Waals surface area (Å²) in [5.74, 6) is -0.842. The Kier molecular flexibility index (Phi) is 4.77. The number of piperidine rings is 1. The summed E-state index contributed by atoms with van der Waals surface area (Å²) in [4.78, 5) is 25.3. The number of aliphatic carboxylic acids is 1. The Balaban J connectivity index is 2.92. The number of hydrogen-bond donors (Lipinski definition) is 1. The minimum absolute atomic E-state index is 0.203. The molecule has 1 fully saturated rings. The fourth-order valence-electron chi connectivity index (χ4n) is 2.23. The van der Waals surface area contributed by atoms with Gasteiger partial charge < -0.3 is 10.0 Å². The first-order chi connectivity index (χ1) is 8.69. The highest BCUT2D eigenvalue weighted by atomic mass is 16.4. The minimum atomic E-state index is -0.914. The van der Waals surface area contributed by atoms with Crippen molar-refractivity contribution < 1.29 is 14.7 Å². The Bertz CT molecular complexity index is 385. The highest BCUT2D eigenvalue weighted by molar-refractivity contribution is 5.96. The van der Waals surface area contributed by atoms with Crippen LogP contribution in [0.5, 0.6) is 0 Å². The molecule has 1 heterocycles. The van der Waals surface area contributed by atoms with Gasteiger partial charge in [0.15, 0.2) is 0 Å². The highest BCUT2D eigenvalue weighted by Crippen LogP contribution is 2.35. The maximum absolute atomic E-state index is 12.5. The SMILES string of the molecule is C=C(C(=O)N1CCCCC1C(=O)O)C(C)(C)C(C)C. The molecule has 1 aliphatic rings. The van der Waals surface area contributed by atoms with E-state index in [1.54, 1.807) is 0 Å². The number of carboxylic acid groups (broad SMARTS) is 1. The van der Waals surface area contributed by atoms with E-state index in [2.05, 4.69) is 6.58 Å². The number of carbonyl (C=O) groups is 2. The van der Waals surface area contributed by atoms with E-state index in [4.69, 9.17) is 0 Å². The van der Waals surface area contributed by atoms with E-state index in [1.165, 1.54) is 4.90 Å². The predicted molar refractivity (Wildman–Crippen MR) is 74.7 cm³/mol. The summed E-state index contributed by atoms with van der Waals surface area (Å²) in [7, 11) is 0. The fraction of sp³-hybridized carbons (Fsp3) is 0.733. The summed E-state index contributed by atoms with van der Waals surface area (Å²) >= 11 is 0. The van der Waals surface area contributed by atoms with Gasteiger partial charge in [0.2, 0.25) is 5.91 Å². The van der Waals surface area contributed by atoms with Gasteiger partial charge in [0, 0.05) is 12.1 Å². The molecule has 0 aromatic heterocycles. The van der Waals surface area contributed by atoms with Crippen molar-refractivity contribution >= 4 is 11.9 Å². The first-order valence-electron chi connectivity index (χ1n) is 6.92. The largest absolute Gasteiger partial charge is 0.480 e. The molecule has 0 radical (unpaired) electrons. The monoisotopic (exact) mass is 267 g/mol. The van der Waals surface area contributed by atoms with Gasteiger partial charge in [-0.15, -0.1) is 0 Å². The van der Waals surface area contributed by atoms with Gasteiger partial charge in [0.1, 0.15) is 6.04 Å². The molecule has 0 saturated carbocycles. The Morgan fingerprint density at radius 1 is 1.32 bits per heavy atom. The lowest BCUT2D eigenvalue weighted by Crippen LogP contribution is -2.50. The van der Waals surface area contributed by atoms with Crippen LogP contribution < -0.4 is 0 Å². The molecule has 1 N–H and O–H groups in total. The molecule has 4 nitrogen and oxygen atoms in total. The molecule has 4 heteroatoms. The van der Waals surface area contributed by atoms with Crippen molar-refractivity contribution in [2.75, 3.05) is 6.54 Å². The molecular weight excluding hydrogens is 242 g/mol. The molecule has 1 amide bonds. The molecule has 0 aromatic rings. The first-order valence-corrected chi connectivity index (χ1v) is 6.92. The summed E-state index contributed by atoms with van der Waals surface area (Å²) in [6.45, 7) is 12.5. The third-order valence-electron chi connectivity index (χ3n) is 4.53. The standard InChI is InChI=1S/C15H25NO3/c1-10(2)15(4,5)11(3)13(17)16-9-7-6-8-12(16)14(18)19/h10,12H,3,6-9H2,1-2,4-5H3,(H,18,19). The van der Waals surface area contributed by atoms with E-state index in [0.717, 1.165) is 12.8 Å². The van der Waals surface area contributed by atoms with Gasteiger partial charge in [-0.05, 0) is 30.6 Å². The van der Waals surface area contributed by atoms with Gasteiger partial charge in [-0.25, -0.2) is 4.79 Å². The van der Waals surface area contributed by atoms with Gasteiger partial charge in [-0.2, -0.15) is 0 Å². The molecule has 108 valence electrons. The summed E-state index contributed by atoms with van der Waals surface area (Å²) in [5.41, 5.74) is 0.188. The van der Waals surface area contributed by atoms with Crippen LogP contribution in [0, 0.1) is 11.3 Å². The van der Waals surface area contributed by atoms with Gasteiger partial charge in [0.25, 0.3) is 0 Å². The molecule has 1 rings (SSSR count). The smallest absolute Gasteiger partial charge is 0.326 e. The summed E-state index contributed by atoms with van der Waals surface area (Å²) < 4.78 is 0. The molecule has 0 aromatic carbocycles. The third kappa shape index (κ3) is 3.17. The minimum Gasteiger partial charge on any atom is -0.480 e. The second-order valence-corrected chi connectivity index (χ2v) is 6.20. The van der Waals surface area contributed by atoms with Crippen molar-refractivity contribution in [3.8, 4) is 0 Å². The van der Waals surface area contributed by atoms with Crippen molar-refractivity contribution in [1.29, 1.82) is 0 Å². The van der Waals surface area contributed by atoms with Crippen LogP contribution in [0.3, 0.4) is 0 Å². The number of nitrogens with zero attached hydrogens (tertiary/aromatic N) is 1. The quantitative estimate of drug-likeness (QED) is 0.797. The Morgan fingerprint density at radius 3 is 2.37 bits per heavy atom. The second-order valence-electron chi connectivity index (χ2n) is 6.20. The third-order valence-corrected chi connectivity index (χ3v) is 4.53. The van der Waals surface area contributed by atoms with E-state index in [-0.39, 0.29) is 17.2 Å². The van der Waals surface area contributed by atoms with Crippen LogP contribution in [0.15, 0.2) is 12.2 Å². The van der Waals surface area contributed by atoms with Crippen LogP contribution in [-0.2, 0) is 9.59 Å².